The number of nitrogens with one attached hydrogen (secondary N) is 1. The van der Waals surface area contributed by atoms with E-state index in [0.717, 1.165) is 25.9 Å². The molecule has 1 aliphatic heterocycles. The fourth-order valence-corrected chi connectivity index (χ4v) is 2.86. The fraction of sp³-hybridized carbons (Fsp3) is 1.00. The van der Waals surface area contributed by atoms with Crippen molar-refractivity contribution >= 4 is 11.8 Å². The van der Waals surface area contributed by atoms with Crippen molar-refractivity contribution in [1.82, 2.24) is 10.2 Å². The molecule has 1 heterocycles. The predicted octanol–water partition coefficient (Wildman–Crippen LogP) is 3.09. The Morgan fingerprint density at radius 3 is 2.56 bits per heavy atom. The fourth-order valence-electron chi connectivity index (χ4n) is 2.31. The second-order valence-corrected chi connectivity index (χ2v) is 6.28. The molecule has 1 fully saturated rings. The van der Waals surface area contributed by atoms with Gasteiger partial charge in [-0.1, -0.05) is 13.8 Å². The van der Waals surface area contributed by atoms with E-state index >= 15 is 0 Å². The molecule has 0 radical (unpaired) electrons. The number of hydrogen-bond acceptors (Lipinski definition) is 3. The number of halogens is 3. The topological polar surface area (TPSA) is 15.3 Å². The van der Waals surface area contributed by atoms with Crippen LogP contribution >= 0.6 is 11.8 Å². The molecule has 0 amide bonds. The zero-order valence-electron chi connectivity index (χ0n) is 11.3. The van der Waals surface area contributed by atoms with E-state index in [0.29, 0.717) is 12.6 Å². The summed E-state index contributed by atoms with van der Waals surface area (Å²) in [5.41, 5.74) is -4.07. The van der Waals surface area contributed by atoms with E-state index in [1.165, 1.54) is 0 Å². The van der Waals surface area contributed by atoms with Crippen molar-refractivity contribution in [3.8, 4) is 0 Å². The van der Waals surface area contributed by atoms with Crippen LogP contribution < -0.4 is 5.32 Å². The third-order valence-electron chi connectivity index (χ3n) is 3.73. The van der Waals surface area contributed by atoms with Crippen LogP contribution in [0.1, 0.15) is 33.6 Å². The van der Waals surface area contributed by atoms with E-state index in [-0.39, 0.29) is 23.1 Å². The number of rotatable bonds is 5. The van der Waals surface area contributed by atoms with Crippen molar-refractivity contribution in [2.75, 3.05) is 25.4 Å². The summed E-state index contributed by atoms with van der Waals surface area (Å²) in [6.45, 7) is 8.56. The minimum atomic E-state index is -4.11. The normalized spacial score (nSPS) is 30.7. The molecule has 2 nitrogen and oxygen atoms in total. The number of thioether (sulfide) groups is 1. The average molecular weight is 284 g/mol. The SMILES string of the molecule is CCC1CNC(C)(CC)CN1CCSC(F)(F)F. The van der Waals surface area contributed by atoms with Gasteiger partial charge in [-0.3, -0.25) is 4.90 Å². The monoisotopic (exact) mass is 284 g/mol. The molecule has 0 aromatic rings. The highest BCUT2D eigenvalue weighted by atomic mass is 32.2. The molecule has 108 valence electrons. The summed E-state index contributed by atoms with van der Waals surface area (Å²) in [7, 11) is 0. The van der Waals surface area contributed by atoms with Crippen molar-refractivity contribution < 1.29 is 13.2 Å². The van der Waals surface area contributed by atoms with E-state index in [2.05, 4.69) is 31.0 Å². The zero-order valence-corrected chi connectivity index (χ0v) is 12.1. The molecule has 18 heavy (non-hydrogen) atoms. The van der Waals surface area contributed by atoms with Gasteiger partial charge in [0.2, 0.25) is 0 Å². The average Bonchev–Trinajstić information content (AvgIpc) is 2.28. The first-order chi connectivity index (χ1) is 8.29. The number of hydrogen-bond donors (Lipinski definition) is 1. The van der Waals surface area contributed by atoms with Crippen LogP contribution in [0.25, 0.3) is 0 Å². The predicted molar refractivity (Wildman–Crippen MR) is 70.9 cm³/mol. The maximum absolute atomic E-state index is 12.1. The molecule has 0 aromatic heterocycles. The van der Waals surface area contributed by atoms with Gasteiger partial charge in [0.25, 0.3) is 0 Å². The molecular formula is C12H23F3N2S. The molecule has 1 rings (SSSR count). The quantitative estimate of drug-likeness (QED) is 0.835. The zero-order chi connectivity index (χ0) is 13.8. The molecular weight excluding hydrogens is 261 g/mol. The molecule has 1 saturated heterocycles. The highest BCUT2D eigenvalue weighted by Crippen LogP contribution is 2.30. The summed E-state index contributed by atoms with van der Waals surface area (Å²) >= 11 is 0.0854. The Kier molecular flexibility index (Phi) is 5.80. The molecule has 0 aromatic carbocycles. The summed E-state index contributed by atoms with van der Waals surface area (Å²) in [5, 5.41) is 3.51. The second-order valence-electron chi connectivity index (χ2n) is 5.12. The molecule has 2 unspecified atom stereocenters. The van der Waals surface area contributed by atoms with Gasteiger partial charge >= 0.3 is 5.51 Å². The van der Waals surface area contributed by atoms with Crippen molar-refractivity contribution in [1.29, 1.82) is 0 Å². The van der Waals surface area contributed by atoms with Gasteiger partial charge in [-0.05, 0) is 31.5 Å². The van der Waals surface area contributed by atoms with Crippen LogP contribution in [-0.4, -0.2) is 47.4 Å². The number of alkyl halides is 3. The van der Waals surface area contributed by atoms with E-state index in [1.54, 1.807) is 0 Å². The Balaban J connectivity index is 2.48. The highest BCUT2D eigenvalue weighted by Gasteiger charge is 2.34. The Morgan fingerprint density at radius 2 is 2.06 bits per heavy atom. The molecule has 0 bridgehead atoms. The molecule has 2 atom stereocenters. The van der Waals surface area contributed by atoms with Crippen LogP contribution in [0, 0.1) is 0 Å². The van der Waals surface area contributed by atoms with Crippen LogP contribution in [0.5, 0.6) is 0 Å². The van der Waals surface area contributed by atoms with Crippen molar-refractivity contribution in [3.05, 3.63) is 0 Å². The lowest BCUT2D eigenvalue weighted by atomic mass is 9.93. The third-order valence-corrected chi connectivity index (χ3v) is 4.44. The van der Waals surface area contributed by atoms with Crippen LogP contribution in [0.2, 0.25) is 0 Å². The lowest BCUT2D eigenvalue weighted by Gasteiger charge is -2.46. The van der Waals surface area contributed by atoms with Crippen LogP contribution in [-0.2, 0) is 0 Å². The van der Waals surface area contributed by atoms with Crippen molar-refractivity contribution in [2.24, 2.45) is 0 Å². The number of piperazine rings is 1. The minimum Gasteiger partial charge on any atom is -0.309 e. The Hall–Kier alpha value is 0.0600. The van der Waals surface area contributed by atoms with E-state index < -0.39 is 5.51 Å². The maximum atomic E-state index is 12.1. The number of nitrogens with zero attached hydrogens (tertiary/aromatic N) is 1. The summed E-state index contributed by atoms with van der Waals surface area (Å²) in [5.74, 6) is 0.125. The Morgan fingerprint density at radius 1 is 1.39 bits per heavy atom. The summed E-state index contributed by atoms with van der Waals surface area (Å²) in [6, 6.07) is 0.360. The van der Waals surface area contributed by atoms with Crippen molar-refractivity contribution in [2.45, 2.75) is 50.7 Å². The molecule has 1 N–H and O–H groups in total. The van der Waals surface area contributed by atoms with Gasteiger partial charge in [-0.2, -0.15) is 13.2 Å². The first kappa shape index (κ1) is 16.1. The highest BCUT2D eigenvalue weighted by molar-refractivity contribution is 8.00. The molecule has 0 saturated carbocycles. The minimum absolute atomic E-state index is 0.0363. The first-order valence-corrected chi connectivity index (χ1v) is 7.48. The standard InChI is InChI=1S/C12H23F3N2S/c1-4-10-8-16-11(3,5-2)9-17(10)6-7-18-12(13,14)15/h10,16H,4-9H2,1-3H3. The Bertz CT molecular complexity index is 260. The van der Waals surface area contributed by atoms with Gasteiger partial charge in [0, 0.05) is 37.0 Å². The first-order valence-electron chi connectivity index (χ1n) is 6.49. The van der Waals surface area contributed by atoms with Gasteiger partial charge in [-0.25, -0.2) is 0 Å². The maximum Gasteiger partial charge on any atom is 0.441 e. The lowest BCUT2D eigenvalue weighted by Crippen LogP contribution is -2.62. The molecule has 1 aliphatic rings. The Labute approximate surface area is 112 Å². The van der Waals surface area contributed by atoms with Crippen molar-refractivity contribution in [3.63, 3.8) is 0 Å². The van der Waals surface area contributed by atoms with E-state index in [1.807, 2.05) is 0 Å². The lowest BCUT2D eigenvalue weighted by molar-refractivity contribution is -0.0330. The van der Waals surface area contributed by atoms with Crippen LogP contribution in [0.3, 0.4) is 0 Å². The molecule has 0 spiro atoms. The largest absolute Gasteiger partial charge is 0.441 e. The summed E-state index contributed by atoms with van der Waals surface area (Å²) in [4.78, 5) is 2.21. The van der Waals surface area contributed by atoms with Gasteiger partial charge in [0.15, 0.2) is 0 Å². The van der Waals surface area contributed by atoms with Crippen LogP contribution in [0.15, 0.2) is 0 Å². The molecule has 6 heteroatoms. The second kappa shape index (κ2) is 6.48. The summed E-state index contributed by atoms with van der Waals surface area (Å²) in [6.07, 6.45) is 1.97. The third kappa shape index (κ3) is 4.97. The molecule has 0 aliphatic carbocycles. The van der Waals surface area contributed by atoms with Gasteiger partial charge in [-0.15, -0.1) is 0 Å². The summed E-state index contributed by atoms with van der Waals surface area (Å²) < 4.78 is 36.4. The van der Waals surface area contributed by atoms with Gasteiger partial charge in [0.05, 0.1) is 0 Å². The van der Waals surface area contributed by atoms with E-state index in [4.69, 9.17) is 0 Å². The van der Waals surface area contributed by atoms with E-state index in [9.17, 15) is 13.2 Å². The van der Waals surface area contributed by atoms with Gasteiger partial charge in [0.1, 0.15) is 0 Å². The van der Waals surface area contributed by atoms with Crippen LogP contribution in [0.4, 0.5) is 13.2 Å². The smallest absolute Gasteiger partial charge is 0.309 e. The van der Waals surface area contributed by atoms with Gasteiger partial charge < -0.3 is 5.32 Å².